The zero-order valence-electron chi connectivity index (χ0n) is 13.3. The molecule has 0 bridgehead atoms. The predicted molar refractivity (Wildman–Crippen MR) is 86.8 cm³/mol. The Balaban J connectivity index is 2.20. The van der Waals surface area contributed by atoms with E-state index in [0.717, 1.165) is 44.4 Å². The molecular weight excluding hydrogens is 274 g/mol. The summed E-state index contributed by atoms with van der Waals surface area (Å²) in [7, 11) is 3.54. The topological polar surface area (TPSA) is 46.1 Å². The fourth-order valence-corrected chi connectivity index (χ4v) is 3.26. The van der Waals surface area contributed by atoms with Crippen LogP contribution >= 0.6 is 11.8 Å². The molecule has 1 rings (SSSR count). The van der Waals surface area contributed by atoms with Crippen molar-refractivity contribution in [2.24, 2.45) is 4.99 Å². The van der Waals surface area contributed by atoms with Gasteiger partial charge < -0.3 is 19.7 Å². The van der Waals surface area contributed by atoms with Gasteiger partial charge in [-0.15, -0.1) is 0 Å². The smallest absolute Gasteiger partial charge is 0.193 e. The fourth-order valence-electron chi connectivity index (χ4n) is 2.15. The molecule has 0 spiro atoms. The minimum Gasteiger partial charge on any atom is -0.382 e. The third-order valence-corrected chi connectivity index (χ3v) is 4.41. The van der Waals surface area contributed by atoms with Gasteiger partial charge in [-0.1, -0.05) is 0 Å². The lowest BCUT2D eigenvalue weighted by Gasteiger charge is -2.39. The number of guanidine groups is 1. The van der Waals surface area contributed by atoms with E-state index in [0.29, 0.717) is 18.0 Å². The quantitative estimate of drug-likeness (QED) is 0.438. The summed E-state index contributed by atoms with van der Waals surface area (Å²) in [5.41, 5.74) is 0. The molecule has 0 aromatic carbocycles. The number of nitrogens with zero attached hydrogens (tertiary/aromatic N) is 2. The summed E-state index contributed by atoms with van der Waals surface area (Å²) in [5.74, 6) is 2.17. The predicted octanol–water partition coefficient (Wildman–Crippen LogP) is 1.44. The molecule has 1 fully saturated rings. The zero-order valence-corrected chi connectivity index (χ0v) is 14.1. The molecule has 1 heterocycles. The van der Waals surface area contributed by atoms with Crippen LogP contribution in [0.3, 0.4) is 0 Å². The summed E-state index contributed by atoms with van der Waals surface area (Å²) in [6, 6.07) is 0. The van der Waals surface area contributed by atoms with Gasteiger partial charge in [0.2, 0.25) is 0 Å². The lowest BCUT2D eigenvalue weighted by Crippen LogP contribution is -2.51. The van der Waals surface area contributed by atoms with Gasteiger partial charge in [0, 0.05) is 50.9 Å². The van der Waals surface area contributed by atoms with Gasteiger partial charge in [-0.3, -0.25) is 4.99 Å². The molecule has 1 saturated heterocycles. The van der Waals surface area contributed by atoms with E-state index < -0.39 is 0 Å². The van der Waals surface area contributed by atoms with Gasteiger partial charge in [0.1, 0.15) is 0 Å². The molecule has 0 radical (unpaired) electrons. The second-order valence-corrected chi connectivity index (χ2v) is 7.26. The Morgan fingerprint density at radius 2 is 2.15 bits per heavy atom. The van der Waals surface area contributed by atoms with Crippen molar-refractivity contribution >= 4 is 17.7 Å². The Kier molecular flexibility index (Phi) is 8.33. The van der Waals surface area contributed by atoms with Crippen molar-refractivity contribution in [1.29, 1.82) is 0 Å². The first-order valence-electron chi connectivity index (χ1n) is 7.25. The van der Waals surface area contributed by atoms with E-state index in [2.05, 4.69) is 29.1 Å². The Morgan fingerprint density at radius 3 is 2.80 bits per heavy atom. The summed E-state index contributed by atoms with van der Waals surface area (Å²) in [5, 5.41) is 3.42. The first-order chi connectivity index (χ1) is 9.59. The Hall–Kier alpha value is -0.460. The van der Waals surface area contributed by atoms with Crippen molar-refractivity contribution in [3.05, 3.63) is 0 Å². The normalized spacial score (nSPS) is 19.2. The number of thioether (sulfide) groups is 1. The maximum absolute atomic E-state index is 5.45. The molecule has 0 aromatic rings. The lowest BCUT2D eigenvalue weighted by molar-refractivity contribution is 0.0698. The van der Waals surface area contributed by atoms with Gasteiger partial charge in [0.25, 0.3) is 0 Å². The highest BCUT2D eigenvalue weighted by molar-refractivity contribution is 8.00. The van der Waals surface area contributed by atoms with Gasteiger partial charge in [-0.2, -0.15) is 11.8 Å². The van der Waals surface area contributed by atoms with Crippen LogP contribution in [0.1, 0.15) is 20.3 Å². The third kappa shape index (κ3) is 6.81. The molecule has 6 heteroatoms. The fraction of sp³-hybridized carbons (Fsp3) is 0.929. The first kappa shape index (κ1) is 17.6. The average molecular weight is 303 g/mol. The molecule has 0 atom stereocenters. The highest BCUT2D eigenvalue weighted by Gasteiger charge is 2.28. The van der Waals surface area contributed by atoms with Crippen LogP contribution in [0.4, 0.5) is 0 Å². The molecule has 1 aliphatic heterocycles. The van der Waals surface area contributed by atoms with Crippen molar-refractivity contribution < 1.29 is 9.47 Å². The van der Waals surface area contributed by atoms with Crippen molar-refractivity contribution in [2.45, 2.75) is 25.0 Å². The van der Waals surface area contributed by atoms with Crippen molar-refractivity contribution in [3.63, 3.8) is 0 Å². The lowest BCUT2D eigenvalue weighted by atomic mass is 10.2. The standard InChI is InChI=1S/C14H29N3O2S/c1-14(2)12-17(7-11-20-14)13(15-3)16-6-5-8-19-10-9-18-4/h5-12H2,1-4H3,(H,15,16). The first-order valence-corrected chi connectivity index (χ1v) is 8.24. The second-order valence-electron chi connectivity index (χ2n) is 5.46. The van der Waals surface area contributed by atoms with Crippen LogP contribution in [0.25, 0.3) is 0 Å². The second kappa shape index (κ2) is 9.47. The number of methoxy groups -OCH3 is 1. The molecule has 20 heavy (non-hydrogen) atoms. The van der Waals surface area contributed by atoms with Gasteiger partial charge in [-0.25, -0.2) is 0 Å². The van der Waals surface area contributed by atoms with E-state index in [1.807, 2.05) is 18.8 Å². The maximum atomic E-state index is 5.45. The van der Waals surface area contributed by atoms with Crippen LogP contribution < -0.4 is 5.32 Å². The summed E-state index contributed by atoms with van der Waals surface area (Å²) in [6.07, 6.45) is 0.981. The van der Waals surface area contributed by atoms with Crippen LogP contribution in [-0.4, -0.2) is 75.0 Å². The van der Waals surface area contributed by atoms with E-state index in [1.165, 1.54) is 0 Å². The zero-order chi connectivity index (χ0) is 14.8. The van der Waals surface area contributed by atoms with Crippen LogP contribution in [0.15, 0.2) is 4.99 Å². The Bertz CT molecular complexity index is 298. The summed E-state index contributed by atoms with van der Waals surface area (Å²) >= 11 is 2.04. The Morgan fingerprint density at radius 1 is 1.35 bits per heavy atom. The SMILES string of the molecule is CN=C(NCCCOCCOC)N1CCSC(C)(C)C1. The minimum atomic E-state index is 0.305. The highest BCUT2D eigenvalue weighted by Crippen LogP contribution is 2.29. The van der Waals surface area contributed by atoms with Crippen molar-refractivity contribution in [1.82, 2.24) is 10.2 Å². The number of nitrogens with one attached hydrogen (secondary N) is 1. The van der Waals surface area contributed by atoms with Gasteiger partial charge in [0.15, 0.2) is 5.96 Å². The van der Waals surface area contributed by atoms with Gasteiger partial charge in [-0.05, 0) is 20.3 Å². The van der Waals surface area contributed by atoms with E-state index in [-0.39, 0.29) is 0 Å². The number of hydrogen-bond acceptors (Lipinski definition) is 4. The van der Waals surface area contributed by atoms with E-state index in [4.69, 9.17) is 9.47 Å². The summed E-state index contributed by atoms with van der Waals surface area (Å²) in [4.78, 5) is 6.74. The van der Waals surface area contributed by atoms with E-state index >= 15 is 0 Å². The number of aliphatic imine (C=N–C) groups is 1. The highest BCUT2D eigenvalue weighted by atomic mass is 32.2. The van der Waals surface area contributed by atoms with Crippen LogP contribution in [0.2, 0.25) is 0 Å². The van der Waals surface area contributed by atoms with E-state index in [9.17, 15) is 0 Å². The molecule has 0 saturated carbocycles. The summed E-state index contributed by atoms with van der Waals surface area (Å²) in [6.45, 7) is 9.68. The molecule has 0 unspecified atom stereocenters. The Labute approximate surface area is 127 Å². The van der Waals surface area contributed by atoms with Crippen LogP contribution in [0, 0.1) is 0 Å². The van der Waals surface area contributed by atoms with Crippen molar-refractivity contribution in [3.8, 4) is 0 Å². The molecule has 0 aromatic heterocycles. The molecule has 0 amide bonds. The summed E-state index contributed by atoms with van der Waals surface area (Å²) < 4.78 is 10.7. The largest absolute Gasteiger partial charge is 0.382 e. The monoisotopic (exact) mass is 303 g/mol. The minimum absolute atomic E-state index is 0.305. The van der Waals surface area contributed by atoms with Crippen LogP contribution in [0.5, 0.6) is 0 Å². The van der Waals surface area contributed by atoms with Gasteiger partial charge in [0.05, 0.1) is 13.2 Å². The maximum Gasteiger partial charge on any atom is 0.193 e. The molecular formula is C14H29N3O2S. The number of rotatable bonds is 7. The molecule has 1 N–H and O–H groups in total. The molecule has 0 aliphatic carbocycles. The van der Waals surface area contributed by atoms with Crippen LogP contribution in [-0.2, 0) is 9.47 Å². The molecule has 118 valence electrons. The molecule has 1 aliphatic rings. The molecule has 5 nitrogen and oxygen atoms in total. The van der Waals surface area contributed by atoms with E-state index in [1.54, 1.807) is 7.11 Å². The van der Waals surface area contributed by atoms with Gasteiger partial charge >= 0.3 is 0 Å². The van der Waals surface area contributed by atoms with Crippen molar-refractivity contribution in [2.75, 3.05) is 59.4 Å². The average Bonchev–Trinajstić information content (AvgIpc) is 2.41. The number of hydrogen-bond donors (Lipinski definition) is 1. The third-order valence-electron chi connectivity index (χ3n) is 3.12. The number of ether oxygens (including phenoxy) is 2.